The van der Waals surface area contributed by atoms with Crippen molar-refractivity contribution < 1.29 is 9.47 Å². The van der Waals surface area contributed by atoms with Crippen LogP contribution in [0.25, 0.3) is 0 Å². The molecule has 1 fully saturated rings. The first-order valence-corrected chi connectivity index (χ1v) is 6.29. The van der Waals surface area contributed by atoms with Gasteiger partial charge in [0, 0.05) is 19.3 Å². The maximum Gasteiger partial charge on any atom is 0.0620 e. The van der Waals surface area contributed by atoms with E-state index in [1.807, 2.05) is 6.92 Å². The molecule has 1 heterocycles. The van der Waals surface area contributed by atoms with E-state index in [-0.39, 0.29) is 0 Å². The lowest BCUT2D eigenvalue weighted by Crippen LogP contribution is -2.38. The second-order valence-corrected chi connectivity index (χ2v) is 4.14. The Kier molecular flexibility index (Phi) is 6.98. The van der Waals surface area contributed by atoms with Crippen molar-refractivity contribution in [2.75, 3.05) is 26.4 Å². The number of hydrogen-bond acceptors (Lipinski definition) is 3. The molecule has 0 saturated carbocycles. The highest BCUT2D eigenvalue weighted by Gasteiger charge is 2.18. The predicted octanol–water partition coefficient (Wildman–Crippen LogP) is 1.96. The standard InChI is InChI=1S/C12H25NO2/c1-3-13-11(10-14-4-2)9-12-7-5-6-8-15-12/h11-13H,3-10H2,1-2H3. The zero-order valence-corrected chi connectivity index (χ0v) is 10.1. The third kappa shape index (κ3) is 5.50. The van der Waals surface area contributed by atoms with Crippen LogP contribution >= 0.6 is 0 Å². The number of rotatable bonds is 7. The van der Waals surface area contributed by atoms with Crippen LogP contribution in [-0.4, -0.2) is 38.5 Å². The first-order chi connectivity index (χ1) is 7.36. The van der Waals surface area contributed by atoms with E-state index in [0.717, 1.165) is 32.8 Å². The molecule has 1 aliphatic heterocycles. The maximum atomic E-state index is 5.74. The van der Waals surface area contributed by atoms with Gasteiger partial charge in [-0.05, 0) is 39.2 Å². The minimum atomic E-state index is 0.447. The zero-order valence-electron chi connectivity index (χ0n) is 10.1. The van der Waals surface area contributed by atoms with Gasteiger partial charge in [0.2, 0.25) is 0 Å². The molecular formula is C12H25NO2. The zero-order chi connectivity index (χ0) is 10.9. The van der Waals surface area contributed by atoms with E-state index in [4.69, 9.17) is 9.47 Å². The van der Waals surface area contributed by atoms with Gasteiger partial charge in [-0.1, -0.05) is 6.92 Å². The summed E-state index contributed by atoms with van der Waals surface area (Å²) >= 11 is 0. The fraction of sp³-hybridized carbons (Fsp3) is 1.00. The van der Waals surface area contributed by atoms with Gasteiger partial charge in [0.25, 0.3) is 0 Å². The quantitative estimate of drug-likeness (QED) is 0.704. The molecule has 1 N–H and O–H groups in total. The minimum Gasteiger partial charge on any atom is -0.380 e. The highest BCUT2D eigenvalue weighted by molar-refractivity contribution is 4.73. The molecule has 0 aromatic heterocycles. The van der Waals surface area contributed by atoms with Crippen LogP contribution < -0.4 is 5.32 Å². The van der Waals surface area contributed by atoms with Crippen molar-refractivity contribution in [1.29, 1.82) is 0 Å². The Labute approximate surface area is 93.5 Å². The predicted molar refractivity (Wildman–Crippen MR) is 62.2 cm³/mol. The van der Waals surface area contributed by atoms with Crippen LogP contribution in [0, 0.1) is 0 Å². The summed E-state index contributed by atoms with van der Waals surface area (Å²) in [5, 5.41) is 3.46. The lowest BCUT2D eigenvalue weighted by Gasteiger charge is -2.27. The van der Waals surface area contributed by atoms with Crippen LogP contribution in [0.3, 0.4) is 0 Å². The molecule has 1 saturated heterocycles. The van der Waals surface area contributed by atoms with E-state index >= 15 is 0 Å². The van der Waals surface area contributed by atoms with Crippen LogP contribution in [0.4, 0.5) is 0 Å². The Morgan fingerprint density at radius 1 is 1.40 bits per heavy atom. The summed E-state index contributed by atoms with van der Waals surface area (Å²) in [6, 6.07) is 0.457. The molecule has 2 unspecified atom stereocenters. The Hall–Kier alpha value is -0.120. The molecule has 3 heteroatoms. The van der Waals surface area contributed by atoms with Crippen molar-refractivity contribution in [3.8, 4) is 0 Å². The number of nitrogens with one attached hydrogen (secondary N) is 1. The summed E-state index contributed by atoms with van der Waals surface area (Å²) in [5.74, 6) is 0. The molecule has 2 atom stereocenters. The molecule has 1 rings (SSSR count). The molecule has 0 aromatic rings. The number of ether oxygens (including phenoxy) is 2. The van der Waals surface area contributed by atoms with E-state index in [2.05, 4.69) is 12.2 Å². The summed E-state index contributed by atoms with van der Waals surface area (Å²) in [6.45, 7) is 7.74. The summed E-state index contributed by atoms with van der Waals surface area (Å²) in [5.41, 5.74) is 0. The topological polar surface area (TPSA) is 30.5 Å². The second kappa shape index (κ2) is 8.08. The fourth-order valence-electron chi connectivity index (χ4n) is 2.07. The number of hydrogen-bond donors (Lipinski definition) is 1. The molecule has 3 nitrogen and oxygen atoms in total. The van der Waals surface area contributed by atoms with Crippen LogP contribution in [0.2, 0.25) is 0 Å². The molecular weight excluding hydrogens is 190 g/mol. The fourth-order valence-corrected chi connectivity index (χ4v) is 2.07. The Morgan fingerprint density at radius 2 is 2.27 bits per heavy atom. The Bertz CT molecular complexity index is 147. The van der Waals surface area contributed by atoms with E-state index in [9.17, 15) is 0 Å². The lowest BCUT2D eigenvalue weighted by atomic mass is 10.0. The highest BCUT2D eigenvalue weighted by Crippen LogP contribution is 2.17. The van der Waals surface area contributed by atoms with Crippen molar-refractivity contribution in [3.05, 3.63) is 0 Å². The smallest absolute Gasteiger partial charge is 0.0620 e. The summed E-state index contributed by atoms with van der Waals surface area (Å²) in [6.07, 6.45) is 5.30. The Morgan fingerprint density at radius 3 is 2.87 bits per heavy atom. The van der Waals surface area contributed by atoms with Gasteiger partial charge in [0.15, 0.2) is 0 Å². The van der Waals surface area contributed by atoms with Crippen molar-refractivity contribution in [3.63, 3.8) is 0 Å². The van der Waals surface area contributed by atoms with Gasteiger partial charge >= 0.3 is 0 Å². The minimum absolute atomic E-state index is 0.447. The van der Waals surface area contributed by atoms with Crippen molar-refractivity contribution in [2.45, 2.75) is 51.7 Å². The van der Waals surface area contributed by atoms with Crippen molar-refractivity contribution in [2.24, 2.45) is 0 Å². The molecule has 1 aliphatic rings. The van der Waals surface area contributed by atoms with E-state index in [0.29, 0.717) is 12.1 Å². The molecule has 0 bridgehead atoms. The first kappa shape index (κ1) is 12.9. The van der Waals surface area contributed by atoms with Crippen molar-refractivity contribution in [1.82, 2.24) is 5.32 Å². The van der Waals surface area contributed by atoms with Gasteiger partial charge in [-0.3, -0.25) is 0 Å². The van der Waals surface area contributed by atoms with E-state index < -0.39 is 0 Å². The van der Waals surface area contributed by atoms with Gasteiger partial charge in [0.05, 0.1) is 12.7 Å². The maximum absolute atomic E-state index is 5.74. The molecule has 0 amide bonds. The molecule has 0 spiro atoms. The summed E-state index contributed by atoms with van der Waals surface area (Å²) in [4.78, 5) is 0. The number of likely N-dealkylation sites (N-methyl/N-ethyl adjacent to an activating group) is 1. The molecule has 15 heavy (non-hydrogen) atoms. The second-order valence-electron chi connectivity index (χ2n) is 4.14. The van der Waals surface area contributed by atoms with Crippen LogP contribution in [-0.2, 0) is 9.47 Å². The third-order valence-electron chi connectivity index (χ3n) is 2.84. The summed E-state index contributed by atoms with van der Waals surface area (Å²) < 4.78 is 11.2. The average Bonchev–Trinajstić information content (AvgIpc) is 2.28. The van der Waals surface area contributed by atoms with Gasteiger partial charge in [-0.15, -0.1) is 0 Å². The van der Waals surface area contributed by atoms with Crippen molar-refractivity contribution >= 4 is 0 Å². The lowest BCUT2D eigenvalue weighted by molar-refractivity contribution is -0.00268. The van der Waals surface area contributed by atoms with E-state index in [1.165, 1.54) is 19.3 Å². The molecule has 90 valence electrons. The van der Waals surface area contributed by atoms with Gasteiger partial charge < -0.3 is 14.8 Å². The third-order valence-corrected chi connectivity index (χ3v) is 2.84. The van der Waals surface area contributed by atoms with Gasteiger partial charge in [0.1, 0.15) is 0 Å². The van der Waals surface area contributed by atoms with Gasteiger partial charge in [-0.2, -0.15) is 0 Å². The summed E-state index contributed by atoms with van der Waals surface area (Å²) in [7, 11) is 0. The SMILES string of the molecule is CCNC(COCC)CC1CCCCO1. The molecule has 0 aromatic carbocycles. The van der Waals surface area contributed by atoms with Crippen LogP contribution in [0.5, 0.6) is 0 Å². The highest BCUT2D eigenvalue weighted by atomic mass is 16.5. The van der Waals surface area contributed by atoms with E-state index in [1.54, 1.807) is 0 Å². The monoisotopic (exact) mass is 215 g/mol. The Balaban J connectivity index is 2.21. The normalized spacial score (nSPS) is 24.0. The van der Waals surface area contributed by atoms with Crippen LogP contribution in [0.15, 0.2) is 0 Å². The average molecular weight is 215 g/mol. The molecule has 0 aliphatic carbocycles. The van der Waals surface area contributed by atoms with Gasteiger partial charge in [-0.25, -0.2) is 0 Å². The molecule has 0 radical (unpaired) electrons. The largest absolute Gasteiger partial charge is 0.380 e. The first-order valence-electron chi connectivity index (χ1n) is 6.29. The van der Waals surface area contributed by atoms with Crippen LogP contribution in [0.1, 0.15) is 39.5 Å².